The highest BCUT2D eigenvalue weighted by molar-refractivity contribution is 6.28. The van der Waals surface area contributed by atoms with Crippen LogP contribution in [-0.2, 0) is 51.0 Å². The molecule has 0 saturated carbocycles. The number of rotatable bonds is 13. The average Bonchev–Trinajstić information content (AvgIpc) is 3.85. The largest absolute Gasteiger partial charge is 0.374 e. The van der Waals surface area contributed by atoms with Crippen molar-refractivity contribution in [2.24, 2.45) is 0 Å². The zero-order valence-electron chi connectivity index (χ0n) is 27.8. The molecule has 5 atom stereocenters. The summed E-state index contributed by atoms with van der Waals surface area (Å²) in [7, 11) is 0. The summed E-state index contributed by atoms with van der Waals surface area (Å²) in [5, 5.41) is 20.8. The fourth-order valence-corrected chi connectivity index (χ4v) is 7.14. The monoisotopic (exact) mass is 703 g/mol. The fourth-order valence-electron chi connectivity index (χ4n) is 6.98. The summed E-state index contributed by atoms with van der Waals surface area (Å²) in [6.45, 7) is 0.948. The molecule has 3 heterocycles. The molecule has 2 N–H and O–H groups in total. The molecule has 1 aliphatic heterocycles. The maximum atomic E-state index is 12.8. The van der Waals surface area contributed by atoms with Gasteiger partial charge in [-0.3, -0.25) is 0 Å². The number of aliphatic hydroxyl groups is 1. The summed E-state index contributed by atoms with van der Waals surface area (Å²) in [6.07, 6.45) is 0.902. The Labute approximate surface area is 301 Å². The van der Waals surface area contributed by atoms with Gasteiger partial charge >= 0.3 is 0 Å². The Morgan fingerprint density at radius 2 is 1.45 bits per heavy atom. The van der Waals surface area contributed by atoms with Crippen molar-refractivity contribution in [1.29, 1.82) is 0 Å². The first kappa shape index (κ1) is 33.5. The first-order chi connectivity index (χ1) is 25.0. The van der Waals surface area contributed by atoms with Gasteiger partial charge in [-0.1, -0.05) is 115 Å². The van der Waals surface area contributed by atoms with Gasteiger partial charge in [-0.25, -0.2) is 9.50 Å². The highest BCUT2D eigenvalue weighted by Crippen LogP contribution is 2.43. The summed E-state index contributed by atoms with van der Waals surface area (Å²) in [4.78, 5) is 9.21. The molecular weight excluding hydrogens is 666 g/mol. The normalized spacial score (nSPS) is 22.7. The Hall–Kier alpha value is -4.68. The Morgan fingerprint density at radius 3 is 2.16 bits per heavy atom. The second-order valence-corrected chi connectivity index (χ2v) is 13.2. The fraction of sp³-hybridized carbons (Fsp3) is 0.275. The van der Waals surface area contributed by atoms with Crippen LogP contribution in [0.4, 0.5) is 5.82 Å². The van der Waals surface area contributed by atoms with Crippen LogP contribution in [0.5, 0.6) is 0 Å². The molecule has 6 aromatic rings. The van der Waals surface area contributed by atoms with Crippen LogP contribution in [0.2, 0.25) is 5.28 Å². The Morgan fingerprint density at radius 1 is 0.824 bits per heavy atom. The average molecular weight is 704 g/mol. The molecule has 0 bridgehead atoms. The number of aryl methyl sites for hydroxylation is 1. The van der Waals surface area contributed by atoms with E-state index in [2.05, 4.69) is 33.6 Å². The van der Waals surface area contributed by atoms with Crippen LogP contribution in [0.3, 0.4) is 0 Å². The van der Waals surface area contributed by atoms with Gasteiger partial charge in [0.15, 0.2) is 11.5 Å². The number of benzene rings is 4. The lowest BCUT2D eigenvalue weighted by Gasteiger charge is -2.30. The molecule has 0 amide bonds. The predicted octanol–water partition coefficient (Wildman–Crippen LogP) is 6.81. The lowest BCUT2D eigenvalue weighted by Crippen LogP contribution is -2.45. The van der Waals surface area contributed by atoms with Gasteiger partial charge in [0.05, 0.1) is 38.7 Å². The van der Waals surface area contributed by atoms with Crippen molar-refractivity contribution < 1.29 is 24.1 Å². The molecule has 11 heteroatoms. The minimum Gasteiger partial charge on any atom is -0.374 e. The molecule has 51 heavy (non-hydrogen) atoms. The van der Waals surface area contributed by atoms with Gasteiger partial charge in [0, 0.05) is 0 Å². The molecule has 1 saturated heterocycles. The zero-order valence-corrected chi connectivity index (χ0v) is 28.6. The molecule has 0 unspecified atom stereocenters. The Bertz CT molecular complexity index is 2070. The van der Waals surface area contributed by atoms with E-state index >= 15 is 0 Å². The van der Waals surface area contributed by atoms with E-state index in [9.17, 15) is 5.11 Å². The predicted molar refractivity (Wildman–Crippen MR) is 192 cm³/mol. The summed E-state index contributed by atoms with van der Waals surface area (Å²) in [5.41, 5.74) is 6.04. The highest BCUT2D eigenvalue weighted by atomic mass is 35.5. The number of hydrogen-bond acceptors (Lipinski definition) is 9. The van der Waals surface area contributed by atoms with E-state index in [1.54, 1.807) is 0 Å². The number of hydrogen-bond donors (Lipinski definition) is 2. The number of anilines is 1. The maximum Gasteiger partial charge on any atom is 0.243 e. The number of fused-ring (bicyclic) bond motifs is 2. The quantitative estimate of drug-likeness (QED) is 0.134. The molecular formula is C40H38ClN5O5. The molecule has 1 fully saturated rings. The molecule has 0 spiro atoms. The van der Waals surface area contributed by atoms with Crippen molar-refractivity contribution in [2.75, 3.05) is 11.9 Å². The molecule has 260 valence electrons. The molecule has 2 aliphatic rings. The van der Waals surface area contributed by atoms with Crippen LogP contribution in [0.1, 0.15) is 46.0 Å². The topological polar surface area (TPSA) is 112 Å². The zero-order chi connectivity index (χ0) is 34.6. The second kappa shape index (κ2) is 14.9. The summed E-state index contributed by atoms with van der Waals surface area (Å²) in [6, 6.07) is 37.9. The molecule has 1 aliphatic carbocycles. The van der Waals surface area contributed by atoms with Crippen molar-refractivity contribution in [3.8, 4) is 0 Å². The SMILES string of the molecule is O[C@@]1(c2cnc3c(N[C@H]4CCc5ccccc54)nc(Cl)nn23)O[C@H](COCc2ccccc2)[C@@H](OCc2ccccc2)[C@H]1OCc1ccccc1. The van der Waals surface area contributed by atoms with Crippen molar-refractivity contribution in [3.05, 3.63) is 160 Å². The van der Waals surface area contributed by atoms with Gasteiger partial charge in [-0.2, -0.15) is 4.98 Å². The van der Waals surface area contributed by atoms with Gasteiger partial charge < -0.3 is 29.4 Å². The van der Waals surface area contributed by atoms with Crippen molar-refractivity contribution in [1.82, 2.24) is 19.6 Å². The van der Waals surface area contributed by atoms with Crippen LogP contribution in [0, 0.1) is 0 Å². The Balaban J connectivity index is 1.15. The lowest BCUT2D eigenvalue weighted by atomic mass is 10.0. The van der Waals surface area contributed by atoms with Crippen LogP contribution < -0.4 is 5.32 Å². The van der Waals surface area contributed by atoms with Crippen LogP contribution in [-0.4, -0.2) is 49.6 Å². The van der Waals surface area contributed by atoms with Crippen molar-refractivity contribution in [2.45, 2.75) is 62.8 Å². The Kier molecular flexibility index (Phi) is 9.77. The summed E-state index contributed by atoms with van der Waals surface area (Å²) in [5.74, 6) is -1.61. The first-order valence-corrected chi connectivity index (χ1v) is 17.5. The van der Waals surface area contributed by atoms with Crippen LogP contribution in [0.25, 0.3) is 5.65 Å². The number of halogens is 1. The molecule has 4 aromatic carbocycles. The maximum absolute atomic E-state index is 12.8. The number of nitrogens with zero attached hydrogens (tertiary/aromatic N) is 4. The number of ether oxygens (including phenoxy) is 4. The van der Waals surface area contributed by atoms with Crippen molar-refractivity contribution >= 4 is 23.1 Å². The van der Waals surface area contributed by atoms with Gasteiger partial charge in [0.2, 0.25) is 11.1 Å². The molecule has 8 rings (SSSR count). The van der Waals surface area contributed by atoms with Crippen LogP contribution >= 0.6 is 11.6 Å². The van der Waals surface area contributed by atoms with Crippen LogP contribution in [0.15, 0.2) is 121 Å². The van der Waals surface area contributed by atoms with E-state index in [1.165, 1.54) is 21.8 Å². The van der Waals surface area contributed by atoms with Gasteiger partial charge in [-0.15, -0.1) is 5.10 Å². The highest BCUT2D eigenvalue weighted by Gasteiger charge is 2.59. The molecule has 2 aromatic heterocycles. The van der Waals surface area contributed by atoms with E-state index < -0.39 is 24.1 Å². The minimum atomic E-state index is -2.06. The summed E-state index contributed by atoms with van der Waals surface area (Å²) >= 11 is 6.56. The van der Waals surface area contributed by atoms with Gasteiger partial charge in [0.1, 0.15) is 24.0 Å². The number of imidazole rings is 1. The molecule has 10 nitrogen and oxygen atoms in total. The van der Waals surface area contributed by atoms with E-state index in [-0.39, 0.29) is 36.8 Å². The smallest absolute Gasteiger partial charge is 0.243 e. The number of aromatic nitrogens is 4. The third kappa shape index (κ3) is 7.12. The molecule has 0 radical (unpaired) electrons. The van der Waals surface area contributed by atoms with Gasteiger partial charge in [0.25, 0.3) is 0 Å². The van der Waals surface area contributed by atoms with E-state index in [4.69, 9.17) is 35.5 Å². The first-order valence-electron chi connectivity index (χ1n) is 17.1. The second-order valence-electron chi connectivity index (χ2n) is 12.9. The summed E-state index contributed by atoms with van der Waals surface area (Å²) < 4.78 is 27.4. The van der Waals surface area contributed by atoms with E-state index in [0.717, 1.165) is 29.5 Å². The van der Waals surface area contributed by atoms with Crippen molar-refractivity contribution in [3.63, 3.8) is 0 Å². The third-order valence-corrected chi connectivity index (χ3v) is 9.64. The van der Waals surface area contributed by atoms with E-state index in [0.29, 0.717) is 18.1 Å². The minimum absolute atomic E-state index is 0.0153. The van der Waals surface area contributed by atoms with E-state index in [1.807, 2.05) is 97.1 Å². The third-order valence-electron chi connectivity index (χ3n) is 9.48. The van der Waals surface area contributed by atoms with Gasteiger partial charge in [-0.05, 0) is 52.3 Å². The standard InChI is InChI=1S/C40H38ClN5O5/c41-39-44-37(43-32-21-20-30-18-10-11-19-31(30)32)38-42-22-34(46(38)45-39)40(47)36(50-25-29-16-8-3-9-17-29)35(49-24-28-14-6-2-7-15-28)33(51-40)26-48-23-27-12-4-1-5-13-27/h1-19,22,32-33,35-36,47H,20-21,23-26H2,(H,43,44,45)/t32-,33+,35+,36+,40-/m0/s1. The number of nitrogens with one attached hydrogen (secondary N) is 1. The lowest BCUT2D eigenvalue weighted by molar-refractivity contribution is -0.256.